The molecule has 0 spiro atoms. The number of ether oxygens (including phenoxy) is 1. The maximum absolute atomic E-state index is 11.8. The van der Waals surface area contributed by atoms with Crippen molar-refractivity contribution in [2.75, 3.05) is 38.7 Å². The zero-order valence-electron chi connectivity index (χ0n) is 11.8. The summed E-state index contributed by atoms with van der Waals surface area (Å²) in [5.74, 6) is 0. The Balaban J connectivity index is 1.72. The van der Waals surface area contributed by atoms with E-state index in [-0.39, 0.29) is 6.03 Å². The van der Waals surface area contributed by atoms with Crippen molar-refractivity contribution in [1.82, 2.24) is 15.2 Å². The van der Waals surface area contributed by atoms with Gasteiger partial charge in [-0.1, -0.05) is 0 Å². The topological polar surface area (TPSA) is 66.5 Å². The first-order valence-corrected chi connectivity index (χ1v) is 6.97. The van der Waals surface area contributed by atoms with Gasteiger partial charge in [0.1, 0.15) is 0 Å². The summed E-state index contributed by atoms with van der Waals surface area (Å²) >= 11 is 0. The van der Waals surface area contributed by atoms with Gasteiger partial charge in [0.15, 0.2) is 0 Å². The largest absolute Gasteiger partial charge is 0.383 e. The van der Waals surface area contributed by atoms with Crippen molar-refractivity contribution in [3.8, 4) is 0 Å². The van der Waals surface area contributed by atoms with E-state index in [9.17, 15) is 4.79 Å². The average molecular weight is 278 g/mol. The summed E-state index contributed by atoms with van der Waals surface area (Å²) in [6, 6.07) is 3.83. The van der Waals surface area contributed by atoms with Crippen molar-refractivity contribution in [3.63, 3.8) is 0 Å². The molecule has 2 amide bonds. The molecule has 0 aromatic carbocycles. The third kappa shape index (κ3) is 4.47. The molecule has 2 heterocycles. The van der Waals surface area contributed by atoms with Gasteiger partial charge >= 0.3 is 6.03 Å². The fourth-order valence-corrected chi connectivity index (χ4v) is 2.45. The Kier molecular flexibility index (Phi) is 5.76. The molecule has 0 radical (unpaired) electrons. The monoisotopic (exact) mass is 278 g/mol. The molecule has 1 fully saturated rings. The molecule has 1 aromatic heterocycles. The van der Waals surface area contributed by atoms with Gasteiger partial charge in [-0.15, -0.1) is 0 Å². The lowest BCUT2D eigenvalue weighted by Crippen LogP contribution is -2.42. The molecule has 1 aliphatic rings. The Labute approximate surface area is 119 Å². The van der Waals surface area contributed by atoms with Gasteiger partial charge in [0.25, 0.3) is 0 Å². The number of carbonyl (C=O) groups is 1. The number of hydrogen-bond acceptors (Lipinski definition) is 4. The van der Waals surface area contributed by atoms with Crippen molar-refractivity contribution >= 4 is 11.7 Å². The normalized spacial score (nSPS) is 18.9. The number of nitrogens with one attached hydrogen (secondary N) is 2. The van der Waals surface area contributed by atoms with Crippen LogP contribution >= 0.6 is 0 Å². The predicted molar refractivity (Wildman–Crippen MR) is 77.7 cm³/mol. The molecule has 2 N–H and O–H groups in total. The number of nitrogens with zero attached hydrogens (tertiary/aromatic N) is 2. The fraction of sp³-hybridized carbons (Fsp3) is 0.571. The summed E-state index contributed by atoms with van der Waals surface area (Å²) in [6.07, 6.45) is 5.60. The second-order valence-electron chi connectivity index (χ2n) is 4.90. The van der Waals surface area contributed by atoms with Gasteiger partial charge in [0, 0.05) is 32.4 Å². The van der Waals surface area contributed by atoms with E-state index >= 15 is 0 Å². The highest BCUT2D eigenvalue weighted by molar-refractivity contribution is 5.88. The van der Waals surface area contributed by atoms with Gasteiger partial charge in [-0.3, -0.25) is 9.88 Å². The van der Waals surface area contributed by atoms with Crippen molar-refractivity contribution in [1.29, 1.82) is 0 Å². The average Bonchev–Trinajstić information content (AvgIpc) is 2.91. The summed E-state index contributed by atoms with van der Waals surface area (Å²) in [7, 11) is 1.71. The van der Waals surface area contributed by atoms with E-state index in [2.05, 4.69) is 20.5 Å². The Bertz CT molecular complexity index is 413. The summed E-state index contributed by atoms with van der Waals surface area (Å²) in [5, 5.41) is 5.69. The summed E-state index contributed by atoms with van der Waals surface area (Å²) in [5.41, 5.74) is 0.702. The molecular formula is C14H22N4O2. The second kappa shape index (κ2) is 7.81. The molecular weight excluding hydrogens is 256 g/mol. The minimum absolute atomic E-state index is 0.184. The molecule has 1 atom stereocenters. The summed E-state index contributed by atoms with van der Waals surface area (Å²) in [4.78, 5) is 18.1. The number of methoxy groups -OCH3 is 1. The minimum Gasteiger partial charge on any atom is -0.383 e. The Morgan fingerprint density at radius 1 is 1.60 bits per heavy atom. The number of rotatable bonds is 6. The van der Waals surface area contributed by atoms with Gasteiger partial charge < -0.3 is 15.4 Å². The first-order chi connectivity index (χ1) is 9.79. The number of amides is 2. The lowest BCUT2D eigenvalue weighted by molar-refractivity contribution is 0.140. The van der Waals surface area contributed by atoms with Gasteiger partial charge in [-0.25, -0.2) is 4.79 Å². The molecule has 20 heavy (non-hydrogen) atoms. The fourth-order valence-electron chi connectivity index (χ4n) is 2.45. The number of pyridine rings is 1. The summed E-state index contributed by atoms with van der Waals surface area (Å²) < 4.78 is 5.11. The summed E-state index contributed by atoms with van der Waals surface area (Å²) in [6.45, 7) is 3.40. The third-order valence-electron chi connectivity index (χ3n) is 3.50. The third-order valence-corrected chi connectivity index (χ3v) is 3.50. The molecule has 1 aromatic rings. The Morgan fingerprint density at radius 3 is 3.25 bits per heavy atom. The number of aromatic nitrogens is 1. The van der Waals surface area contributed by atoms with Crippen LogP contribution < -0.4 is 10.6 Å². The van der Waals surface area contributed by atoms with E-state index < -0.39 is 0 Å². The quantitative estimate of drug-likeness (QED) is 0.823. The molecule has 2 rings (SSSR count). The molecule has 1 saturated heterocycles. The van der Waals surface area contributed by atoms with E-state index in [4.69, 9.17) is 4.74 Å². The van der Waals surface area contributed by atoms with Gasteiger partial charge in [-0.05, 0) is 31.5 Å². The van der Waals surface area contributed by atoms with Crippen LogP contribution in [-0.2, 0) is 4.74 Å². The smallest absolute Gasteiger partial charge is 0.319 e. The molecule has 6 nitrogen and oxygen atoms in total. The molecule has 1 aliphatic heterocycles. The molecule has 1 unspecified atom stereocenters. The first kappa shape index (κ1) is 14.7. The first-order valence-electron chi connectivity index (χ1n) is 6.97. The number of urea groups is 1. The lowest BCUT2D eigenvalue weighted by Gasteiger charge is -2.24. The SMILES string of the molecule is COCCN1CCCC1CNC(=O)Nc1cccnc1. The molecule has 0 aliphatic carbocycles. The van der Waals surface area contributed by atoms with Crippen LogP contribution in [0.5, 0.6) is 0 Å². The number of carbonyl (C=O) groups excluding carboxylic acids is 1. The molecule has 6 heteroatoms. The highest BCUT2D eigenvalue weighted by Gasteiger charge is 2.24. The van der Waals surface area contributed by atoms with Crippen LogP contribution in [0.3, 0.4) is 0 Å². The predicted octanol–water partition coefficient (Wildman–Crippen LogP) is 1.31. The Morgan fingerprint density at radius 2 is 2.50 bits per heavy atom. The maximum Gasteiger partial charge on any atom is 0.319 e. The minimum atomic E-state index is -0.184. The molecule has 0 bridgehead atoms. The van der Waals surface area contributed by atoms with Crippen LogP contribution in [0.25, 0.3) is 0 Å². The van der Waals surface area contributed by atoms with Crippen LogP contribution in [0.15, 0.2) is 24.5 Å². The highest BCUT2D eigenvalue weighted by atomic mass is 16.5. The van der Waals surface area contributed by atoms with E-state index in [1.165, 1.54) is 6.42 Å². The van der Waals surface area contributed by atoms with E-state index in [0.717, 1.165) is 26.1 Å². The lowest BCUT2D eigenvalue weighted by atomic mass is 10.2. The van der Waals surface area contributed by atoms with Crippen LogP contribution in [-0.4, -0.2) is 55.3 Å². The van der Waals surface area contributed by atoms with Crippen molar-refractivity contribution in [2.24, 2.45) is 0 Å². The zero-order chi connectivity index (χ0) is 14.2. The van der Waals surface area contributed by atoms with Crippen molar-refractivity contribution < 1.29 is 9.53 Å². The highest BCUT2D eigenvalue weighted by Crippen LogP contribution is 2.15. The van der Waals surface area contributed by atoms with Gasteiger partial charge in [-0.2, -0.15) is 0 Å². The number of likely N-dealkylation sites (tertiary alicyclic amines) is 1. The molecule has 0 saturated carbocycles. The van der Waals surface area contributed by atoms with Crippen LogP contribution in [0, 0.1) is 0 Å². The molecule has 110 valence electrons. The number of hydrogen-bond donors (Lipinski definition) is 2. The van der Waals surface area contributed by atoms with Gasteiger partial charge in [0.05, 0.1) is 18.5 Å². The van der Waals surface area contributed by atoms with Crippen LogP contribution in [0.1, 0.15) is 12.8 Å². The van der Waals surface area contributed by atoms with Crippen LogP contribution in [0.4, 0.5) is 10.5 Å². The van der Waals surface area contributed by atoms with Crippen LogP contribution in [0.2, 0.25) is 0 Å². The standard InChI is InChI=1S/C14H22N4O2/c1-20-9-8-18-7-3-5-13(18)11-16-14(19)17-12-4-2-6-15-10-12/h2,4,6,10,13H,3,5,7-9,11H2,1H3,(H2,16,17,19). The Hall–Kier alpha value is -1.66. The van der Waals surface area contributed by atoms with Crippen molar-refractivity contribution in [2.45, 2.75) is 18.9 Å². The van der Waals surface area contributed by atoms with E-state index in [1.54, 1.807) is 25.6 Å². The van der Waals surface area contributed by atoms with Gasteiger partial charge in [0.2, 0.25) is 0 Å². The number of anilines is 1. The zero-order valence-corrected chi connectivity index (χ0v) is 11.8. The van der Waals surface area contributed by atoms with E-state index in [0.29, 0.717) is 18.3 Å². The van der Waals surface area contributed by atoms with E-state index in [1.807, 2.05) is 6.07 Å². The second-order valence-corrected chi connectivity index (χ2v) is 4.90. The maximum atomic E-state index is 11.8. The van der Waals surface area contributed by atoms with Crippen molar-refractivity contribution in [3.05, 3.63) is 24.5 Å².